The molecule has 2 aromatic rings. The summed E-state index contributed by atoms with van der Waals surface area (Å²) < 4.78 is 10.4. The third-order valence-corrected chi connectivity index (χ3v) is 3.11. The van der Waals surface area contributed by atoms with Gasteiger partial charge in [-0.3, -0.25) is 4.79 Å². The fourth-order valence-corrected chi connectivity index (χ4v) is 1.98. The highest BCUT2D eigenvalue weighted by molar-refractivity contribution is 6.02. The lowest BCUT2D eigenvalue weighted by Crippen LogP contribution is -2.26. The first-order valence-electron chi connectivity index (χ1n) is 7.46. The average Bonchev–Trinajstić information content (AvgIpc) is 2.99. The number of carbonyl (C=O) groups excluding carboxylic acids is 1. The van der Waals surface area contributed by atoms with Gasteiger partial charge in [0.2, 0.25) is 0 Å². The summed E-state index contributed by atoms with van der Waals surface area (Å²) in [5.41, 5.74) is 1.47. The maximum atomic E-state index is 12.0. The van der Waals surface area contributed by atoms with E-state index in [1.54, 1.807) is 24.4 Å². The van der Waals surface area contributed by atoms with E-state index < -0.39 is 0 Å². The molecule has 1 amide bonds. The molecule has 2 rings (SSSR count). The van der Waals surface area contributed by atoms with E-state index in [1.165, 1.54) is 0 Å². The molecular formula is C17H19N3O3. The minimum absolute atomic E-state index is 0.0607. The number of ether oxygens (including phenoxy) is 1. The topological polar surface area (TPSA) is 88.1 Å². The van der Waals surface area contributed by atoms with Crippen molar-refractivity contribution in [2.75, 3.05) is 13.2 Å². The Morgan fingerprint density at radius 2 is 2.35 bits per heavy atom. The first-order chi connectivity index (χ1) is 11.1. The second kappa shape index (κ2) is 8.11. The summed E-state index contributed by atoms with van der Waals surface area (Å²) in [6, 6.07) is 7.27. The Morgan fingerprint density at radius 1 is 1.52 bits per heavy atom. The predicted octanol–water partition coefficient (Wildman–Crippen LogP) is 2.67. The zero-order chi connectivity index (χ0) is 16.7. The average molecular weight is 313 g/mol. The van der Waals surface area contributed by atoms with Gasteiger partial charge in [0.25, 0.3) is 5.91 Å². The van der Waals surface area contributed by atoms with Crippen LogP contribution in [0.4, 0.5) is 0 Å². The molecule has 0 saturated heterocycles. The molecule has 0 aliphatic rings. The summed E-state index contributed by atoms with van der Waals surface area (Å²) in [6.07, 6.45) is 4.02. The van der Waals surface area contributed by atoms with Gasteiger partial charge < -0.3 is 14.6 Å². The quantitative estimate of drug-likeness (QED) is 0.482. The fourth-order valence-electron chi connectivity index (χ4n) is 1.98. The Balaban J connectivity index is 1.95. The van der Waals surface area contributed by atoms with Gasteiger partial charge in [-0.15, -0.1) is 0 Å². The van der Waals surface area contributed by atoms with Crippen molar-refractivity contribution in [1.82, 2.24) is 10.5 Å². The zero-order valence-electron chi connectivity index (χ0n) is 13.2. The lowest BCUT2D eigenvalue weighted by Gasteiger charge is -2.08. The van der Waals surface area contributed by atoms with E-state index in [2.05, 4.69) is 10.5 Å². The van der Waals surface area contributed by atoms with Gasteiger partial charge in [0, 0.05) is 18.5 Å². The molecule has 0 bridgehead atoms. The Hall–Kier alpha value is -2.65. The second-order valence-corrected chi connectivity index (χ2v) is 5.32. The lowest BCUT2D eigenvalue weighted by molar-refractivity contribution is -0.117. The second-order valence-electron chi connectivity index (χ2n) is 5.32. The summed E-state index contributed by atoms with van der Waals surface area (Å²) in [4.78, 5) is 12.0. The Labute approximate surface area is 134 Å². The normalized spacial score (nSPS) is 11.7. The number of aromatic nitrogens is 1. The van der Waals surface area contributed by atoms with Crippen LogP contribution in [-0.2, 0) is 9.53 Å². The van der Waals surface area contributed by atoms with E-state index in [4.69, 9.17) is 9.26 Å². The van der Waals surface area contributed by atoms with Crippen molar-refractivity contribution < 1.29 is 14.1 Å². The first kappa shape index (κ1) is 16.7. The summed E-state index contributed by atoms with van der Waals surface area (Å²) in [6.45, 7) is 4.96. The molecule has 0 radical (unpaired) electrons. The number of hydrogen-bond donors (Lipinski definition) is 1. The standard InChI is InChI=1S/C17H19N3O3/c1-12(2)22-7-3-6-19-17(21)14(10-18)8-13-4-5-16-15(9-13)11-20-23-16/h4-5,8-9,11-12H,3,6-7H2,1-2H3,(H,19,21). The van der Waals surface area contributed by atoms with Crippen molar-refractivity contribution in [3.63, 3.8) is 0 Å². The van der Waals surface area contributed by atoms with Crippen molar-refractivity contribution >= 4 is 23.0 Å². The number of rotatable bonds is 7. The van der Waals surface area contributed by atoms with E-state index in [0.717, 1.165) is 10.9 Å². The molecule has 23 heavy (non-hydrogen) atoms. The molecule has 1 heterocycles. The SMILES string of the molecule is CC(C)OCCCNC(=O)C(C#N)=Cc1ccc2oncc2c1. The number of hydrogen-bond acceptors (Lipinski definition) is 5. The van der Waals surface area contributed by atoms with Gasteiger partial charge in [0.15, 0.2) is 5.58 Å². The van der Waals surface area contributed by atoms with Crippen molar-refractivity contribution in [2.24, 2.45) is 0 Å². The number of nitriles is 1. The van der Waals surface area contributed by atoms with E-state index in [1.807, 2.05) is 26.0 Å². The summed E-state index contributed by atoms with van der Waals surface area (Å²) >= 11 is 0. The minimum atomic E-state index is -0.387. The number of nitrogens with one attached hydrogen (secondary N) is 1. The van der Waals surface area contributed by atoms with Crippen LogP contribution in [0.1, 0.15) is 25.8 Å². The molecule has 0 saturated carbocycles. The fraction of sp³-hybridized carbons (Fsp3) is 0.353. The van der Waals surface area contributed by atoms with Crippen LogP contribution in [0.3, 0.4) is 0 Å². The number of fused-ring (bicyclic) bond motifs is 1. The zero-order valence-corrected chi connectivity index (χ0v) is 13.2. The molecule has 6 heteroatoms. The predicted molar refractivity (Wildman–Crippen MR) is 86.3 cm³/mol. The highest BCUT2D eigenvalue weighted by Gasteiger charge is 2.09. The van der Waals surface area contributed by atoms with Crippen LogP contribution in [0, 0.1) is 11.3 Å². The summed E-state index contributed by atoms with van der Waals surface area (Å²) in [5.74, 6) is -0.387. The maximum Gasteiger partial charge on any atom is 0.261 e. The number of amides is 1. The summed E-state index contributed by atoms with van der Waals surface area (Å²) in [7, 11) is 0. The third-order valence-electron chi connectivity index (χ3n) is 3.11. The van der Waals surface area contributed by atoms with E-state index in [-0.39, 0.29) is 17.6 Å². The van der Waals surface area contributed by atoms with Crippen molar-refractivity contribution in [3.05, 3.63) is 35.5 Å². The van der Waals surface area contributed by atoms with Gasteiger partial charge >= 0.3 is 0 Å². The highest BCUT2D eigenvalue weighted by Crippen LogP contribution is 2.17. The molecule has 0 atom stereocenters. The van der Waals surface area contributed by atoms with Crippen molar-refractivity contribution in [3.8, 4) is 6.07 Å². The van der Waals surface area contributed by atoms with Crippen molar-refractivity contribution in [2.45, 2.75) is 26.4 Å². The Bertz CT molecular complexity index is 741. The van der Waals surface area contributed by atoms with Crippen LogP contribution in [0.25, 0.3) is 17.0 Å². The van der Waals surface area contributed by atoms with E-state index in [9.17, 15) is 10.1 Å². The Kier molecular flexibility index (Phi) is 5.89. The van der Waals surface area contributed by atoms with Gasteiger partial charge in [-0.25, -0.2) is 0 Å². The Morgan fingerprint density at radius 3 is 3.09 bits per heavy atom. The maximum absolute atomic E-state index is 12.0. The van der Waals surface area contributed by atoms with Crippen molar-refractivity contribution in [1.29, 1.82) is 5.26 Å². The molecule has 0 unspecified atom stereocenters. The first-order valence-corrected chi connectivity index (χ1v) is 7.46. The van der Waals surface area contributed by atoms with Gasteiger partial charge in [-0.05, 0) is 44.0 Å². The van der Waals surface area contributed by atoms with Gasteiger partial charge in [0.1, 0.15) is 11.6 Å². The molecule has 120 valence electrons. The van der Waals surface area contributed by atoms with Gasteiger partial charge in [0.05, 0.1) is 12.3 Å². The molecule has 1 aromatic carbocycles. The molecular weight excluding hydrogens is 294 g/mol. The third kappa shape index (κ3) is 4.94. The molecule has 6 nitrogen and oxygen atoms in total. The molecule has 0 spiro atoms. The van der Waals surface area contributed by atoms with Crippen LogP contribution in [0.2, 0.25) is 0 Å². The molecule has 0 aliphatic carbocycles. The molecule has 1 aromatic heterocycles. The largest absolute Gasteiger partial charge is 0.379 e. The lowest BCUT2D eigenvalue weighted by atomic mass is 10.1. The minimum Gasteiger partial charge on any atom is -0.379 e. The van der Waals surface area contributed by atoms with Crippen LogP contribution in [0.5, 0.6) is 0 Å². The van der Waals surface area contributed by atoms with Crippen LogP contribution in [-0.4, -0.2) is 30.3 Å². The van der Waals surface area contributed by atoms with E-state index >= 15 is 0 Å². The van der Waals surface area contributed by atoms with E-state index in [0.29, 0.717) is 25.2 Å². The van der Waals surface area contributed by atoms with Gasteiger partial charge in [-0.2, -0.15) is 5.26 Å². The monoisotopic (exact) mass is 313 g/mol. The molecule has 1 N–H and O–H groups in total. The number of carbonyl (C=O) groups is 1. The van der Waals surface area contributed by atoms with Crippen LogP contribution < -0.4 is 5.32 Å². The number of nitrogens with zero attached hydrogens (tertiary/aromatic N) is 2. The molecule has 0 aliphatic heterocycles. The summed E-state index contributed by atoms with van der Waals surface area (Å²) in [5, 5.41) is 16.4. The number of benzene rings is 1. The smallest absolute Gasteiger partial charge is 0.261 e. The van der Waals surface area contributed by atoms with Crippen LogP contribution in [0.15, 0.2) is 34.5 Å². The highest BCUT2D eigenvalue weighted by atomic mass is 16.5. The van der Waals surface area contributed by atoms with Gasteiger partial charge in [-0.1, -0.05) is 11.2 Å². The molecule has 0 fully saturated rings. The van der Waals surface area contributed by atoms with Crippen LogP contribution >= 0.6 is 0 Å².